The highest BCUT2D eigenvalue weighted by Gasteiger charge is 2.17. The van der Waals surface area contributed by atoms with Crippen LogP contribution in [-0.4, -0.2) is 23.7 Å². The molecular weight excluding hydrogens is 322 g/mol. The molecule has 0 aliphatic carbocycles. The Hall–Kier alpha value is -1.82. The minimum Gasteiger partial charge on any atom is -0.493 e. The Morgan fingerprint density at radius 2 is 2.35 bits per heavy atom. The van der Waals surface area contributed by atoms with Gasteiger partial charge in [-0.2, -0.15) is 4.98 Å². The number of halogens is 1. The zero-order valence-corrected chi connectivity index (χ0v) is 12.6. The number of fused-ring (bicyclic) bond motifs is 1. The van der Waals surface area contributed by atoms with Crippen molar-refractivity contribution in [3.8, 4) is 11.6 Å². The van der Waals surface area contributed by atoms with Crippen LogP contribution < -0.4 is 14.8 Å². The molecule has 1 N–H and O–H groups in total. The second-order valence-corrected chi connectivity index (χ2v) is 5.34. The predicted octanol–water partition coefficient (Wildman–Crippen LogP) is 2.79. The third-order valence-corrected chi connectivity index (χ3v) is 3.56. The highest BCUT2D eigenvalue weighted by atomic mass is 79.9. The molecule has 2 heterocycles. The zero-order valence-electron chi connectivity index (χ0n) is 11.0. The second kappa shape index (κ2) is 5.66. The standard InChI is InChI=1S/C14H14BrN3O2/c1-19-12-2-4-16-14(18-12)17-8-10-7-11(15)6-9-3-5-20-13(9)10/h2,4,6-7H,3,5,8H2,1H3,(H,16,17,18). The van der Waals surface area contributed by atoms with Crippen molar-refractivity contribution in [1.82, 2.24) is 9.97 Å². The number of nitrogens with zero attached hydrogens (tertiary/aromatic N) is 2. The Morgan fingerprint density at radius 3 is 3.20 bits per heavy atom. The number of benzene rings is 1. The van der Waals surface area contributed by atoms with Gasteiger partial charge < -0.3 is 14.8 Å². The lowest BCUT2D eigenvalue weighted by atomic mass is 10.1. The van der Waals surface area contributed by atoms with Gasteiger partial charge in [-0.3, -0.25) is 0 Å². The highest BCUT2D eigenvalue weighted by molar-refractivity contribution is 9.10. The van der Waals surface area contributed by atoms with Crippen molar-refractivity contribution in [2.24, 2.45) is 0 Å². The van der Waals surface area contributed by atoms with E-state index in [0.717, 1.165) is 28.8 Å². The average molecular weight is 336 g/mol. The Kier molecular flexibility index (Phi) is 3.73. The lowest BCUT2D eigenvalue weighted by molar-refractivity contribution is 0.354. The third-order valence-electron chi connectivity index (χ3n) is 3.10. The molecule has 0 bridgehead atoms. The molecule has 0 saturated heterocycles. The minimum atomic E-state index is 0.538. The summed E-state index contributed by atoms with van der Waals surface area (Å²) in [6.07, 6.45) is 2.62. The number of hydrogen-bond acceptors (Lipinski definition) is 5. The van der Waals surface area contributed by atoms with Crippen molar-refractivity contribution in [1.29, 1.82) is 0 Å². The summed E-state index contributed by atoms with van der Waals surface area (Å²) in [6.45, 7) is 1.35. The number of nitrogens with one attached hydrogen (secondary N) is 1. The van der Waals surface area contributed by atoms with Gasteiger partial charge in [0.2, 0.25) is 11.8 Å². The number of anilines is 1. The summed E-state index contributed by atoms with van der Waals surface area (Å²) in [5.74, 6) is 2.05. The SMILES string of the molecule is COc1ccnc(NCc2cc(Br)cc3c2OCC3)n1. The Balaban J connectivity index is 1.78. The number of methoxy groups -OCH3 is 1. The number of aromatic nitrogens is 2. The first-order valence-corrected chi connectivity index (χ1v) is 7.10. The van der Waals surface area contributed by atoms with E-state index in [1.165, 1.54) is 5.56 Å². The molecule has 3 rings (SSSR count). The van der Waals surface area contributed by atoms with E-state index in [-0.39, 0.29) is 0 Å². The van der Waals surface area contributed by atoms with E-state index < -0.39 is 0 Å². The molecule has 6 heteroatoms. The highest BCUT2D eigenvalue weighted by Crippen LogP contribution is 2.33. The van der Waals surface area contributed by atoms with E-state index in [1.807, 2.05) is 0 Å². The Bertz CT molecular complexity index is 634. The van der Waals surface area contributed by atoms with Crippen molar-refractivity contribution in [3.05, 3.63) is 40.0 Å². The van der Waals surface area contributed by atoms with Gasteiger partial charge in [0.05, 0.1) is 13.7 Å². The van der Waals surface area contributed by atoms with Crippen LogP contribution in [0.15, 0.2) is 28.9 Å². The first kappa shape index (κ1) is 13.2. The molecule has 0 saturated carbocycles. The molecule has 0 spiro atoms. The second-order valence-electron chi connectivity index (χ2n) is 4.43. The van der Waals surface area contributed by atoms with Crippen molar-refractivity contribution in [3.63, 3.8) is 0 Å². The van der Waals surface area contributed by atoms with Gasteiger partial charge in [-0.05, 0) is 17.7 Å². The average Bonchev–Trinajstić information content (AvgIpc) is 2.93. The molecule has 0 atom stereocenters. The van der Waals surface area contributed by atoms with Crippen LogP contribution in [0, 0.1) is 0 Å². The molecule has 1 aromatic carbocycles. The smallest absolute Gasteiger partial charge is 0.226 e. The van der Waals surface area contributed by atoms with Crippen LogP contribution in [0.5, 0.6) is 11.6 Å². The van der Waals surface area contributed by atoms with Crippen LogP contribution in [0.1, 0.15) is 11.1 Å². The molecule has 1 aliphatic heterocycles. The van der Waals surface area contributed by atoms with Crippen molar-refractivity contribution in [2.45, 2.75) is 13.0 Å². The minimum absolute atomic E-state index is 0.538. The molecule has 104 valence electrons. The summed E-state index contributed by atoms with van der Waals surface area (Å²) in [7, 11) is 1.58. The molecule has 5 nitrogen and oxygen atoms in total. The number of hydrogen-bond donors (Lipinski definition) is 1. The van der Waals surface area contributed by atoms with E-state index in [4.69, 9.17) is 9.47 Å². The van der Waals surface area contributed by atoms with E-state index in [0.29, 0.717) is 18.4 Å². The fourth-order valence-corrected chi connectivity index (χ4v) is 2.75. The lowest BCUT2D eigenvalue weighted by Crippen LogP contribution is -2.05. The molecule has 0 radical (unpaired) electrons. The summed E-state index contributed by atoms with van der Waals surface area (Å²) < 4.78 is 11.8. The Morgan fingerprint density at radius 1 is 1.45 bits per heavy atom. The molecule has 0 amide bonds. The van der Waals surface area contributed by atoms with E-state index >= 15 is 0 Å². The zero-order chi connectivity index (χ0) is 13.9. The molecule has 1 aromatic heterocycles. The van der Waals surface area contributed by atoms with E-state index in [2.05, 4.69) is 43.3 Å². The summed E-state index contributed by atoms with van der Waals surface area (Å²) in [4.78, 5) is 8.39. The van der Waals surface area contributed by atoms with Crippen LogP contribution >= 0.6 is 15.9 Å². The molecule has 1 aliphatic rings. The van der Waals surface area contributed by atoms with Crippen LogP contribution in [-0.2, 0) is 13.0 Å². The maximum Gasteiger partial charge on any atom is 0.226 e. The molecule has 0 fully saturated rings. The quantitative estimate of drug-likeness (QED) is 0.930. The topological polar surface area (TPSA) is 56.3 Å². The summed E-state index contributed by atoms with van der Waals surface area (Å²) in [5, 5.41) is 3.19. The molecule has 2 aromatic rings. The lowest BCUT2D eigenvalue weighted by Gasteiger charge is -2.10. The van der Waals surface area contributed by atoms with Gasteiger partial charge in [0, 0.05) is 35.3 Å². The van der Waals surface area contributed by atoms with Crippen molar-refractivity contribution < 1.29 is 9.47 Å². The van der Waals surface area contributed by atoms with Gasteiger partial charge in [0.25, 0.3) is 0 Å². The maximum absolute atomic E-state index is 5.69. The summed E-state index contributed by atoms with van der Waals surface area (Å²) >= 11 is 3.53. The Labute approximate surface area is 125 Å². The molecular formula is C14H14BrN3O2. The summed E-state index contributed by atoms with van der Waals surface area (Å²) in [5.41, 5.74) is 2.33. The largest absolute Gasteiger partial charge is 0.493 e. The van der Waals surface area contributed by atoms with Crippen LogP contribution in [0.4, 0.5) is 5.95 Å². The monoisotopic (exact) mass is 335 g/mol. The number of ether oxygens (including phenoxy) is 2. The van der Waals surface area contributed by atoms with Crippen LogP contribution in [0.2, 0.25) is 0 Å². The van der Waals surface area contributed by atoms with Gasteiger partial charge in [0.1, 0.15) is 5.75 Å². The molecule has 0 unspecified atom stereocenters. The van der Waals surface area contributed by atoms with E-state index in [9.17, 15) is 0 Å². The van der Waals surface area contributed by atoms with Crippen molar-refractivity contribution >= 4 is 21.9 Å². The first-order valence-electron chi connectivity index (χ1n) is 6.31. The van der Waals surface area contributed by atoms with Gasteiger partial charge in [-0.1, -0.05) is 15.9 Å². The first-order chi connectivity index (χ1) is 9.76. The van der Waals surface area contributed by atoms with Gasteiger partial charge in [-0.25, -0.2) is 4.98 Å². The van der Waals surface area contributed by atoms with Gasteiger partial charge >= 0.3 is 0 Å². The normalized spacial score (nSPS) is 12.7. The van der Waals surface area contributed by atoms with Crippen molar-refractivity contribution in [2.75, 3.05) is 19.0 Å². The van der Waals surface area contributed by atoms with Crippen LogP contribution in [0.3, 0.4) is 0 Å². The summed E-state index contributed by atoms with van der Waals surface area (Å²) in [6, 6.07) is 5.87. The fourth-order valence-electron chi connectivity index (χ4n) is 2.19. The van der Waals surface area contributed by atoms with Gasteiger partial charge in [0.15, 0.2) is 0 Å². The fraction of sp³-hybridized carbons (Fsp3) is 0.286. The third kappa shape index (κ3) is 2.70. The maximum atomic E-state index is 5.69. The predicted molar refractivity (Wildman–Crippen MR) is 79.3 cm³/mol. The van der Waals surface area contributed by atoms with E-state index in [1.54, 1.807) is 19.4 Å². The molecule has 20 heavy (non-hydrogen) atoms. The number of rotatable bonds is 4. The van der Waals surface area contributed by atoms with Crippen LogP contribution in [0.25, 0.3) is 0 Å². The van der Waals surface area contributed by atoms with Gasteiger partial charge in [-0.15, -0.1) is 0 Å².